The van der Waals surface area contributed by atoms with Crippen LogP contribution in [0.1, 0.15) is 11.3 Å². The highest BCUT2D eigenvalue weighted by atomic mass is 35.5. The lowest BCUT2D eigenvalue weighted by molar-refractivity contribution is -0.117. The molecule has 3 aromatic rings. The van der Waals surface area contributed by atoms with E-state index in [9.17, 15) is 9.18 Å². The normalized spacial score (nSPS) is 11.0. The van der Waals surface area contributed by atoms with Gasteiger partial charge >= 0.3 is 0 Å². The van der Waals surface area contributed by atoms with Crippen molar-refractivity contribution in [2.75, 3.05) is 0 Å². The average Bonchev–Trinajstić information content (AvgIpc) is 2.92. The Labute approximate surface area is 126 Å². The second-order valence-corrected chi connectivity index (χ2v) is 5.22. The van der Waals surface area contributed by atoms with Crippen molar-refractivity contribution in [1.82, 2.24) is 9.38 Å². The number of imidazole rings is 1. The molecule has 2 heterocycles. The molecule has 3 rings (SSSR count). The Kier molecular flexibility index (Phi) is 3.71. The molecular weight excluding hydrogens is 291 g/mol. The van der Waals surface area contributed by atoms with Gasteiger partial charge in [0.1, 0.15) is 17.2 Å². The first-order valence-electron chi connectivity index (χ1n) is 6.50. The van der Waals surface area contributed by atoms with Crippen molar-refractivity contribution in [2.45, 2.75) is 12.8 Å². The van der Waals surface area contributed by atoms with Crippen molar-refractivity contribution in [2.24, 2.45) is 0 Å². The number of hydrogen-bond donors (Lipinski definition) is 0. The van der Waals surface area contributed by atoms with Crippen molar-refractivity contribution in [1.29, 1.82) is 0 Å². The summed E-state index contributed by atoms with van der Waals surface area (Å²) in [6.07, 6.45) is 3.97. The third kappa shape index (κ3) is 2.95. The zero-order chi connectivity index (χ0) is 14.8. The first-order chi connectivity index (χ1) is 10.1. The summed E-state index contributed by atoms with van der Waals surface area (Å²) in [6.45, 7) is 0. The predicted octanol–water partition coefficient (Wildman–Crippen LogP) is 3.48. The number of halogens is 2. The third-order valence-electron chi connectivity index (χ3n) is 3.28. The number of Topliss-reactive ketones (excluding diaryl/α,β-unsaturated/α-hetero) is 1. The van der Waals surface area contributed by atoms with E-state index in [-0.39, 0.29) is 23.6 Å². The van der Waals surface area contributed by atoms with Gasteiger partial charge in [-0.3, -0.25) is 4.79 Å². The van der Waals surface area contributed by atoms with E-state index in [1.165, 1.54) is 12.1 Å². The van der Waals surface area contributed by atoms with Crippen molar-refractivity contribution >= 4 is 23.0 Å². The van der Waals surface area contributed by atoms with Crippen molar-refractivity contribution in [3.63, 3.8) is 0 Å². The fourth-order valence-corrected chi connectivity index (χ4v) is 2.41. The largest absolute Gasteiger partial charge is 0.304 e. The zero-order valence-electron chi connectivity index (χ0n) is 11.1. The standard InChI is InChI=1S/C16H12ClFN2O/c17-14-5-4-11(9-15(14)18)8-13(21)10-12-2-1-3-16-19-6-7-20(12)16/h1-7,9H,8,10H2. The second-order valence-electron chi connectivity index (χ2n) is 4.81. The average molecular weight is 303 g/mol. The first-order valence-corrected chi connectivity index (χ1v) is 6.88. The Morgan fingerprint density at radius 1 is 1.24 bits per heavy atom. The molecule has 2 aromatic heterocycles. The van der Waals surface area contributed by atoms with Gasteiger partial charge in [-0.25, -0.2) is 9.37 Å². The lowest BCUT2D eigenvalue weighted by atomic mass is 10.1. The summed E-state index contributed by atoms with van der Waals surface area (Å²) < 4.78 is 15.2. The number of ketones is 1. The van der Waals surface area contributed by atoms with E-state index in [1.807, 2.05) is 28.8 Å². The molecule has 0 fully saturated rings. The summed E-state index contributed by atoms with van der Waals surface area (Å²) in [6, 6.07) is 10.1. The SMILES string of the molecule is O=C(Cc1ccc(Cl)c(F)c1)Cc1cccc2nccn12. The lowest BCUT2D eigenvalue weighted by Gasteiger charge is -2.05. The van der Waals surface area contributed by atoms with Crippen LogP contribution in [0.2, 0.25) is 5.02 Å². The van der Waals surface area contributed by atoms with Gasteiger partial charge in [-0.1, -0.05) is 23.7 Å². The molecule has 0 amide bonds. The third-order valence-corrected chi connectivity index (χ3v) is 3.58. The quantitative estimate of drug-likeness (QED) is 0.739. The van der Waals surface area contributed by atoms with Crippen LogP contribution >= 0.6 is 11.6 Å². The Hall–Kier alpha value is -2.20. The molecule has 0 aliphatic carbocycles. The summed E-state index contributed by atoms with van der Waals surface area (Å²) in [5, 5.41) is 0.0642. The van der Waals surface area contributed by atoms with E-state index in [0.29, 0.717) is 5.56 Å². The molecule has 0 spiro atoms. The van der Waals surface area contributed by atoms with E-state index in [1.54, 1.807) is 12.3 Å². The summed E-state index contributed by atoms with van der Waals surface area (Å²) in [4.78, 5) is 16.3. The molecule has 0 saturated carbocycles. The van der Waals surface area contributed by atoms with E-state index < -0.39 is 5.82 Å². The van der Waals surface area contributed by atoms with Crippen LogP contribution in [0.4, 0.5) is 4.39 Å². The summed E-state index contributed by atoms with van der Waals surface area (Å²) in [5.41, 5.74) is 2.29. The van der Waals surface area contributed by atoms with Gasteiger partial charge in [0.25, 0.3) is 0 Å². The smallest absolute Gasteiger partial charge is 0.143 e. The Morgan fingerprint density at radius 3 is 2.90 bits per heavy atom. The van der Waals surface area contributed by atoms with E-state index in [0.717, 1.165) is 11.3 Å². The van der Waals surface area contributed by atoms with Crippen LogP contribution in [0.25, 0.3) is 5.65 Å². The maximum absolute atomic E-state index is 13.4. The topological polar surface area (TPSA) is 34.4 Å². The van der Waals surface area contributed by atoms with Gasteiger partial charge in [0.05, 0.1) is 5.02 Å². The summed E-state index contributed by atoms with van der Waals surface area (Å²) in [7, 11) is 0. The number of aromatic nitrogens is 2. The van der Waals surface area contributed by atoms with Crippen molar-refractivity contribution in [3.05, 3.63) is 70.9 Å². The number of benzene rings is 1. The van der Waals surface area contributed by atoms with Crippen molar-refractivity contribution < 1.29 is 9.18 Å². The Balaban J connectivity index is 1.77. The Bertz CT molecular complexity index is 813. The van der Waals surface area contributed by atoms with Crippen molar-refractivity contribution in [3.8, 4) is 0 Å². The van der Waals surface area contributed by atoms with Crippen LogP contribution in [0.3, 0.4) is 0 Å². The van der Waals surface area contributed by atoms with Gasteiger partial charge in [-0.15, -0.1) is 0 Å². The van der Waals surface area contributed by atoms with Crippen LogP contribution in [0.5, 0.6) is 0 Å². The molecule has 0 unspecified atom stereocenters. The van der Waals surface area contributed by atoms with Gasteiger partial charge in [-0.2, -0.15) is 0 Å². The second kappa shape index (κ2) is 5.66. The summed E-state index contributed by atoms with van der Waals surface area (Å²) in [5.74, 6) is -0.489. The monoisotopic (exact) mass is 302 g/mol. The van der Waals surface area contributed by atoms with Crippen LogP contribution in [-0.4, -0.2) is 15.2 Å². The van der Waals surface area contributed by atoms with Crippen LogP contribution < -0.4 is 0 Å². The van der Waals surface area contributed by atoms with E-state index >= 15 is 0 Å². The lowest BCUT2D eigenvalue weighted by Crippen LogP contribution is -2.09. The molecule has 3 nitrogen and oxygen atoms in total. The van der Waals surface area contributed by atoms with Gasteiger partial charge in [-0.05, 0) is 29.8 Å². The molecule has 0 bridgehead atoms. The van der Waals surface area contributed by atoms with E-state index in [2.05, 4.69) is 4.98 Å². The van der Waals surface area contributed by atoms with Crippen LogP contribution in [0.15, 0.2) is 48.8 Å². The molecule has 0 radical (unpaired) electrons. The fraction of sp³-hybridized carbons (Fsp3) is 0.125. The molecule has 1 aromatic carbocycles. The number of fused-ring (bicyclic) bond motifs is 1. The fourth-order valence-electron chi connectivity index (χ4n) is 2.29. The number of rotatable bonds is 4. The minimum atomic E-state index is -0.501. The number of pyridine rings is 1. The number of hydrogen-bond acceptors (Lipinski definition) is 2. The highest BCUT2D eigenvalue weighted by molar-refractivity contribution is 6.30. The van der Waals surface area contributed by atoms with E-state index in [4.69, 9.17) is 11.6 Å². The maximum Gasteiger partial charge on any atom is 0.143 e. The highest BCUT2D eigenvalue weighted by Crippen LogP contribution is 2.16. The molecule has 0 aliphatic rings. The molecule has 0 N–H and O–H groups in total. The molecule has 0 atom stereocenters. The Morgan fingerprint density at radius 2 is 2.10 bits per heavy atom. The summed E-state index contributed by atoms with van der Waals surface area (Å²) >= 11 is 5.63. The zero-order valence-corrected chi connectivity index (χ0v) is 11.8. The molecule has 0 saturated heterocycles. The molecule has 5 heteroatoms. The number of nitrogens with zero attached hydrogens (tertiary/aromatic N) is 2. The number of carbonyl (C=O) groups excluding carboxylic acids is 1. The molecular formula is C16H12ClFN2O. The maximum atomic E-state index is 13.4. The van der Waals surface area contributed by atoms with Crippen LogP contribution in [-0.2, 0) is 17.6 Å². The first kappa shape index (κ1) is 13.8. The predicted molar refractivity (Wildman–Crippen MR) is 79.0 cm³/mol. The molecule has 106 valence electrons. The highest BCUT2D eigenvalue weighted by Gasteiger charge is 2.10. The van der Waals surface area contributed by atoms with Gasteiger partial charge < -0.3 is 4.40 Å². The number of carbonyl (C=O) groups is 1. The van der Waals surface area contributed by atoms with Crippen LogP contribution in [0, 0.1) is 5.82 Å². The van der Waals surface area contributed by atoms with Gasteiger partial charge in [0.2, 0.25) is 0 Å². The van der Waals surface area contributed by atoms with Gasteiger partial charge in [0, 0.05) is 30.9 Å². The molecule has 21 heavy (non-hydrogen) atoms. The minimum Gasteiger partial charge on any atom is -0.304 e. The van der Waals surface area contributed by atoms with Gasteiger partial charge in [0.15, 0.2) is 0 Å². The molecule has 0 aliphatic heterocycles. The minimum absolute atomic E-state index is 0.0120.